The Hall–Kier alpha value is -1.83. The smallest absolute Gasteiger partial charge is 0.481 e. The van der Waals surface area contributed by atoms with Gasteiger partial charge < -0.3 is 15.6 Å². The third-order valence-corrected chi connectivity index (χ3v) is 2.04. The van der Waals surface area contributed by atoms with Crippen molar-refractivity contribution in [3.63, 3.8) is 0 Å². The van der Waals surface area contributed by atoms with Crippen molar-refractivity contribution in [2.75, 3.05) is 0 Å². The van der Waals surface area contributed by atoms with E-state index in [0.717, 1.165) is 0 Å². The fourth-order valence-electron chi connectivity index (χ4n) is 1.45. The number of carboxylic acids is 1. The van der Waals surface area contributed by atoms with Crippen molar-refractivity contribution < 1.29 is 27.8 Å². The van der Waals surface area contributed by atoms with Crippen LogP contribution in [0.5, 0.6) is 5.75 Å². The summed E-state index contributed by atoms with van der Waals surface area (Å²) in [5.41, 5.74) is 5.47. The molecule has 0 amide bonds. The molecular formula is C10H11F3N2O3. The SMILES string of the molecule is Cc1nc(CC(=O)O)cc(CN)c1OC(F)(F)F. The maximum Gasteiger partial charge on any atom is 0.573 e. The predicted molar refractivity (Wildman–Crippen MR) is 54.9 cm³/mol. The molecule has 1 rings (SSSR count). The zero-order chi connectivity index (χ0) is 13.9. The van der Waals surface area contributed by atoms with E-state index in [1.165, 1.54) is 13.0 Å². The first-order chi connectivity index (χ1) is 8.23. The molecular weight excluding hydrogens is 253 g/mol. The van der Waals surface area contributed by atoms with Crippen molar-refractivity contribution >= 4 is 5.97 Å². The Balaban J connectivity index is 3.15. The van der Waals surface area contributed by atoms with Crippen molar-refractivity contribution in [1.29, 1.82) is 0 Å². The van der Waals surface area contributed by atoms with Gasteiger partial charge in [-0.2, -0.15) is 0 Å². The molecule has 0 bridgehead atoms. The number of hydrogen-bond acceptors (Lipinski definition) is 4. The maximum absolute atomic E-state index is 12.2. The monoisotopic (exact) mass is 264 g/mol. The van der Waals surface area contributed by atoms with Crippen LogP contribution in [0, 0.1) is 6.92 Å². The largest absolute Gasteiger partial charge is 0.573 e. The molecule has 18 heavy (non-hydrogen) atoms. The van der Waals surface area contributed by atoms with Crippen molar-refractivity contribution in [3.8, 4) is 5.75 Å². The van der Waals surface area contributed by atoms with Gasteiger partial charge in [0.25, 0.3) is 0 Å². The second-order valence-electron chi connectivity index (χ2n) is 3.51. The van der Waals surface area contributed by atoms with E-state index in [2.05, 4.69) is 9.72 Å². The first-order valence-corrected chi connectivity index (χ1v) is 4.90. The van der Waals surface area contributed by atoms with Crippen LogP contribution in [-0.2, 0) is 17.8 Å². The summed E-state index contributed by atoms with van der Waals surface area (Å²) in [5, 5.41) is 8.59. The second kappa shape index (κ2) is 5.21. The molecule has 0 saturated carbocycles. The lowest BCUT2D eigenvalue weighted by molar-refractivity contribution is -0.275. The van der Waals surface area contributed by atoms with Gasteiger partial charge in [0.15, 0.2) is 5.75 Å². The number of rotatable bonds is 4. The molecule has 0 aliphatic rings. The Kier molecular flexibility index (Phi) is 4.12. The van der Waals surface area contributed by atoms with Crippen LogP contribution in [0.1, 0.15) is 17.0 Å². The molecule has 100 valence electrons. The average molecular weight is 264 g/mol. The molecule has 0 aliphatic carbocycles. The summed E-state index contributed by atoms with van der Waals surface area (Å²) >= 11 is 0. The number of carboxylic acid groups (broad SMARTS) is 1. The number of nitrogens with two attached hydrogens (primary N) is 1. The fraction of sp³-hybridized carbons (Fsp3) is 0.400. The molecule has 5 nitrogen and oxygen atoms in total. The number of halogens is 3. The van der Waals surface area contributed by atoms with Gasteiger partial charge in [-0.1, -0.05) is 0 Å². The normalized spacial score (nSPS) is 11.4. The third kappa shape index (κ3) is 3.88. The van der Waals surface area contributed by atoms with Gasteiger partial charge >= 0.3 is 12.3 Å². The van der Waals surface area contributed by atoms with E-state index in [9.17, 15) is 18.0 Å². The third-order valence-electron chi connectivity index (χ3n) is 2.04. The number of aliphatic carboxylic acids is 1. The minimum absolute atomic E-state index is 0.0495. The molecule has 8 heteroatoms. The van der Waals surface area contributed by atoms with Crippen LogP contribution in [0.2, 0.25) is 0 Å². The Morgan fingerprint density at radius 3 is 2.61 bits per heavy atom. The number of nitrogens with zero attached hydrogens (tertiary/aromatic N) is 1. The molecule has 0 aliphatic heterocycles. The van der Waals surface area contributed by atoms with Crippen molar-refractivity contribution in [2.45, 2.75) is 26.3 Å². The van der Waals surface area contributed by atoms with Crippen LogP contribution in [0.25, 0.3) is 0 Å². The number of pyridine rings is 1. The number of aryl methyl sites for hydroxylation is 1. The standard InChI is InChI=1S/C10H11F3N2O3/c1-5-9(18-10(11,12)13)6(4-14)2-7(15-5)3-8(16)17/h2H,3-4,14H2,1H3,(H,16,17). The lowest BCUT2D eigenvalue weighted by atomic mass is 10.1. The second-order valence-corrected chi connectivity index (χ2v) is 3.51. The molecule has 0 unspecified atom stereocenters. The molecule has 0 radical (unpaired) electrons. The Bertz CT molecular complexity index is 460. The summed E-state index contributed by atoms with van der Waals surface area (Å²) in [7, 11) is 0. The van der Waals surface area contributed by atoms with Crippen molar-refractivity contribution in [2.24, 2.45) is 5.73 Å². The fourth-order valence-corrected chi connectivity index (χ4v) is 1.45. The van der Waals surface area contributed by atoms with Crippen LogP contribution in [-0.4, -0.2) is 22.4 Å². The van der Waals surface area contributed by atoms with E-state index in [0.29, 0.717) is 0 Å². The van der Waals surface area contributed by atoms with Gasteiger partial charge in [0.2, 0.25) is 0 Å². The summed E-state index contributed by atoms with van der Waals surface area (Å²) in [6.45, 7) is 1.09. The van der Waals surface area contributed by atoms with E-state index in [-0.39, 0.29) is 29.9 Å². The Morgan fingerprint density at radius 2 is 2.17 bits per heavy atom. The Morgan fingerprint density at radius 1 is 1.56 bits per heavy atom. The molecule has 3 N–H and O–H groups in total. The van der Waals surface area contributed by atoms with E-state index in [4.69, 9.17) is 10.8 Å². The predicted octanol–water partition coefficient (Wildman–Crippen LogP) is 1.37. The van der Waals surface area contributed by atoms with Gasteiger partial charge in [-0.05, 0) is 13.0 Å². The van der Waals surface area contributed by atoms with Crippen LogP contribution in [0.3, 0.4) is 0 Å². The summed E-state index contributed by atoms with van der Waals surface area (Å²) in [6.07, 6.45) is -5.23. The first-order valence-electron chi connectivity index (χ1n) is 4.90. The molecule has 1 aromatic rings. The summed E-state index contributed by atoms with van der Waals surface area (Å²) in [6, 6.07) is 1.20. The number of hydrogen-bond donors (Lipinski definition) is 2. The first kappa shape index (κ1) is 14.2. The minimum Gasteiger partial charge on any atom is -0.481 e. The average Bonchev–Trinajstić information content (AvgIpc) is 2.19. The topological polar surface area (TPSA) is 85.4 Å². The van der Waals surface area contributed by atoms with Gasteiger partial charge in [0.05, 0.1) is 17.8 Å². The van der Waals surface area contributed by atoms with Gasteiger partial charge in [0, 0.05) is 12.1 Å². The van der Waals surface area contributed by atoms with Gasteiger partial charge in [-0.25, -0.2) is 0 Å². The van der Waals surface area contributed by atoms with Crippen LogP contribution >= 0.6 is 0 Å². The summed E-state index contributed by atoms with van der Waals surface area (Å²) in [4.78, 5) is 14.3. The lowest BCUT2D eigenvalue weighted by Gasteiger charge is -2.15. The highest BCUT2D eigenvalue weighted by molar-refractivity contribution is 5.69. The summed E-state index contributed by atoms with van der Waals surface area (Å²) in [5.74, 6) is -1.60. The maximum atomic E-state index is 12.2. The molecule has 0 atom stereocenters. The van der Waals surface area contributed by atoms with E-state index >= 15 is 0 Å². The quantitative estimate of drug-likeness (QED) is 0.857. The highest BCUT2D eigenvalue weighted by Gasteiger charge is 2.33. The Labute approximate surface area is 100 Å². The highest BCUT2D eigenvalue weighted by Crippen LogP contribution is 2.29. The van der Waals surface area contributed by atoms with Crippen molar-refractivity contribution in [1.82, 2.24) is 4.98 Å². The molecule has 1 aromatic heterocycles. The van der Waals surface area contributed by atoms with Crippen LogP contribution in [0.4, 0.5) is 13.2 Å². The molecule has 0 aromatic carbocycles. The van der Waals surface area contributed by atoms with Crippen LogP contribution < -0.4 is 10.5 Å². The molecule has 0 fully saturated rings. The summed E-state index contributed by atoms with van der Waals surface area (Å²) < 4.78 is 40.3. The molecule has 1 heterocycles. The number of aromatic nitrogens is 1. The van der Waals surface area contributed by atoms with Gasteiger partial charge in [0.1, 0.15) is 0 Å². The van der Waals surface area contributed by atoms with Crippen molar-refractivity contribution in [3.05, 3.63) is 23.0 Å². The zero-order valence-corrected chi connectivity index (χ0v) is 9.41. The lowest BCUT2D eigenvalue weighted by Crippen LogP contribution is -2.20. The number of carbonyl (C=O) groups is 1. The van der Waals surface area contributed by atoms with E-state index < -0.39 is 18.1 Å². The number of ether oxygens (including phenoxy) is 1. The van der Waals surface area contributed by atoms with Gasteiger partial charge in [-0.3, -0.25) is 9.78 Å². The number of alkyl halides is 3. The zero-order valence-electron chi connectivity index (χ0n) is 9.41. The minimum atomic E-state index is -4.84. The molecule has 0 saturated heterocycles. The van der Waals surface area contributed by atoms with Crippen LogP contribution in [0.15, 0.2) is 6.07 Å². The van der Waals surface area contributed by atoms with E-state index in [1.54, 1.807) is 0 Å². The highest BCUT2D eigenvalue weighted by atomic mass is 19.4. The van der Waals surface area contributed by atoms with Gasteiger partial charge in [-0.15, -0.1) is 13.2 Å². The van der Waals surface area contributed by atoms with E-state index in [1.807, 2.05) is 0 Å². The molecule has 0 spiro atoms.